The fourth-order valence-electron chi connectivity index (χ4n) is 3.15. The molecule has 1 amide bonds. The van der Waals surface area contributed by atoms with Gasteiger partial charge in [-0.2, -0.15) is 0 Å². The van der Waals surface area contributed by atoms with E-state index in [0.29, 0.717) is 27.0 Å². The minimum absolute atomic E-state index is 0.00770. The molecule has 1 aliphatic rings. The summed E-state index contributed by atoms with van der Waals surface area (Å²) in [5.41, 5.74) is 1.02. The molecule has 0 aliphatic heterocycles. The smallest absolute Gasteiger partial charge is 0.338 e. The first-order chi connectivity index (χ1) is 13.9. The Morgan fingerprint density at radius 2 is 1.72 bits per heavy atom. The zero-order valence-electron chi connectivity index (χ0n) is 16.1. The molecule has 3 rings (SSSR count). The van der Waals surface area contributed by atoms with Crippen molar-refractivity contribution in [3.63, 3.8) is 0 Å². The standard InChI is InChI=1S/C22H23Cl2NO4/c1-14(28-20-12-9-16(23)13-19(20)24)21(26)25-17-10-7-15(8-11-17)22(27)29-18-5-3-2-4-6-18/h7-14,18H,2-6H2,1H3,(H,25,26)/t14-/m1/s1. The van der Waals surface area contributed by atoms with Crippen LogP contribution < -0.4 is 10.1 Å². The van der Waals surface area contributed by atoms with E-state index in [0.717, 1.165) is 25.7 Å². The molecule has 1 atom stereocenters. The molecule has 0 spiro atoms. The Morgan fingerprint density at radius 1 is 1.03 bits per heavy atom. The van der Waals surface area contributed by atoms with Crippen LogP contribution in [0.1, 0.15) is 49.4 Å². The van der Waals surface area contributed by atoms with Crippen molar-refractivity contribution in [3.05, 3.63) is 58.1 Å². The lowest BCUT2D eigenvalue weighted by molar-refractivity contribution is -0.122. The molecule has 0 unspecified atom stereocenters. The van der Waals surface area contributed by atoms with E-state index in [1.165, 1.54) is 6.42 Å². The maximum atomic E-state index is 12.4. The predicted molar refractivity (Wildman–Crippen MR) is 114 cm³/mol. The summed E-state index contributed by atoms with van der Waals surface area (Å²) in [5.74, 6) is -0.295. The van der Waals surface area contributed by atoms with E-state index < -0.39 is 6.10 Å². The monoisotopic (exact) mass is 435 g/mol. The number of carbonyl (C=O) groups is 2. The van der Waals surface area contributed by atoms with Crippen molar-refractivity contribution in [2.45, 2.75) is 51.2 Å². The molecule has 7 heteroatoms. The largest absolute Gasteiger partial charge is 0.479 e. The Balaban J connectivity index is 1.54. The zero-order chi connectivity index (χ0) is 20.8. The fourth-order valence-corrected chi connectivity index (χ4v) is 3.60. The second kappa shape index (κ2) is 9.99. The summed E-state index contributed by atoms with van der Waals surface area (Å²) in [7, 11) is 0. The number of halogens is 2. The van der Waals surface area contributed by atoms with E-state index in [-0.39, 0.29) is 18.0 Å². The average molecular weight is 436 g/mol. The van der Waals surface area contributed by atoms with Crippen LogP contribution in [0.4, 0.5) is 5.69 Å². The van der Waals surface area contributed by atoms with E-state index in [2.05, 4.69) is 5.32 Å². The second-order valence-electron chi connectivity index (χ2n) is 7.07. The van der Waals surface area contributed by atoms with Gasteiger partial charge in [-0.05, 0) is 75.1 Å². The van der Waals surface area contributed by atoms with Crippen LogP contribution in [0, 0.1) is 0 Å². The van der Waals surface area contributed by atoms with E-state index in [1.54, 1.807) is 49.4 Å². The topological polar surface area (TPSA) is 64.6 Å². The molecule has 154 valence electrons. The highest BCUT2D eigenvalue weighted by Gasteiger charge is 2.19. The Morgan fingerprint density at radius 3 is 2.38 bits per heavy atom. The number of rotatable bonds is 6. The van der Waals surface area contributed by atoms with Crippen molar-refractivity contribution >= 4 is 40.8 Å². The Hall–Kier alpha value is -2.24. The number of amides is 1. The summed E-state index contributed by atoms with van der Waals surface area (Å²) in [6, 6.07) is 11.4. The lowest BCUT2D eigenvalue weighted by atomic mass is 9.98. The van der Waals surface area contributed by atoms with E-state index in [4.69, 9.17) is 32.7 Å². The summed E-state index contributed by atoms with van der Waals surface area (Å²) in [6.07, 6.45) is 4.49. The normalized spacial score (nSPS) is 15.4. The Bertz CT molecular complexity index is 864. The SMILES string of the molecule is C[C@@H](Oc1ccc(Cl)cc1Cl)C(=O)Nc1ccc(C(=O)OC2CCCCC2)cc1. The molecule has 1 N–H and O–H groups in total. The highest BCUT2D eigenvalue weighted by Crippen LogP contribution is 2.28. The first-order valence-corrected chi connectivity index (χ1v) is 10.4. The third kappa shape index (κ3) is 6.12. The number of carbonyl (C=O) groups excluding carboxylic acids is 2. The van der Waals surface area contributed by atoms with Crippen molar-refractivity contribution in [2.24, 2.45) is 0 Å². The highest BCUT2D eigenvalue weighted by molar-refractivity contribution is 6.35. The van der Waals surface area contributed by atoms with Gasteiger partial charge in [0.05, 0.1) is 10.6 Å². The molecule has 0 aromatic heterocycles. The summed E-state index contributed by atoms with van der Waals surface area (Å²) in [4.78, 5) is 24.6. The molecule has 5 nitrogen and oxygen atoms in total. The maximum Gasteiger partial charge on any atom is 0.338 e. The van der Waals surface area contributed by atoms with Gasteiger partial charge in [0.15, 0.2) is 6.10 Å². The summed E-state index contributed by atoms with van der Waals surface area (Å²) in [6.45, 7) is 1.62. The molecule has 2 aromatic carbocycles. The number of benzene rings is 2. The van der Waals surface area contributed by atoms with Crippen LogP contribution in [0.25, 0.3) is 0 Å². The van der Waals surface area contributed by atoms with Crippen LogP contribution >= 0.6 is 23.2 Å². The minimum Gasteiger partial charge on any atom is -0.479 e. The molecular weight excluding hydrogens is 413 g/mol. The molecule has 29 heavy (non-hydrogen) atoms. The number of hydrogen-bond donors (Lipinski definition) is 1. The van der Waals surface area contributed by atoms with Gasteiger partial charge in [0, 0.05) is 10.7 Å². The van der Waals surface area contributed by atoms with Crippen molar-refractivity contribution in [3.8, 4) is 5.75 Å². The molecule has 1 saturated carbocycles. The first-order valence-electron chi connectivity index (χ1n) is 9.66. The van der Waals surface area contributed by atoms with Crippen molar-refractivity contribution in [1.29, 1.82) is 0 Å². The van der Waals surface area contributed by atoms with Gasteiger partial charge in [0.1, 0.15) is 11.9 Å². The van der Waals surface area contributed by atoms with Gasteiger partial charge < -0.3 is 14.8 Å². The first kappa shape index (κ1) is 21.5. The van der Waals surface area contributed by atoms with Crippen LogP contribution in [0.5, 0.6) is 5.75 Å². The van der Waals surface area contributed by atoms with Gasteiger partial charge in [0.2, 0.25) is 0 Å². The van der Waals surface area contributed by atoms with Crippen LogP contribution in [0.3, 0.4) is 0 Å². The lowest BCUT2D eigenvalue weighted by Crippen LogP contribution is -2.30. The van der Waals surface area contributed by atoms with Crippen molar-refractivity contribution in [2.75, 3.05) is 5.32 Å². The highest BCUT2D eigenvalue weighted by atomic mass is 35.5. The predicted octanol–water partition coefficient (Wildman–Crippen LogP) is 5.89. The molecule has 0 bridgehead atoms. The Kier molecular flexibility index (Phi) is 7.40. The maximum absolute atomic E-state index is 12.4. The fraction of sp³-hybridized carbons (Fsp3) is 0.364. The van der Waals surface area contributed by atoms with Gasteiger partial charge in [-0.1, -0.05) is 29.6 Å². The second-order valence-corrected chi connectivity index (χ2v) is 7.91. The quantitative estimate of drug-likeness (QED) is 0.574. The molecule has 2 aromatic rings. The third-order valence-corrected chi connectivity index (χ3v) is 5.31. The van der Waals surface area contributed by atoms with E-state index in [9.17, 15) is 9.59 Å². The van der Waals surface area contributed by atoms with Crippen LogP contribution in [-0.4, -0.2) is 24.1 Å². The van der Waals surface area contributed by atoms with Gasteiger partial charge in [-0.3, -0.25) is 4.79 Å². The third-order valence-electron chi connectivity index (χ3n) is 4.78. The van der Waals surface area contributed by atoms with E-state index in [1.807, 2.05) is 0 Å². The molecule has 0 saturated heterocycles. The van der Waals surface area contributed by atoms with Crippen molar-refractivity contribution < 1.29 is 19.1 Å². The van der Waals surface area contributed by atoms with Gasteiger partial charge in [-0.15, -0.1) is 0 Å². The average Bonchev–Trinajstić information content (AvgIpc) is 2.71. The molecule has 0 heterocycles. The number of ether oxygens (including phenoxy) is 2. The van der Waals surface area contributed by atoms with Crippen LogP contribution in [0.2, 0.25) is 10.0 Å². The minimum atomic E-state index is -0.774. The number of hydrogen-bond acceptors (Lipinski definition) is 4. The summed E-state index contributed by atoms with van der Waals surface area (Å²) < 4.78 is 11.2. The number of nitrogens with one attached hydrogen (secondary N) is 1. The van der Waals surface area contributed by atoms with Crippen LogP contribution in [-0.2, 0) is 9.53 Å². The molecule has 0 radical (unpaired) electrons. The molecular formula is C22H23Cl2NO4. The van der Waals surface area contributed by atoms with Crippen LogP contribution in [0.15, 0.2) is 42.5 Å². The van der Waals surface area contributed by atoms with Gasteiger partial charge >= 0.3 is 5.97 Å². The van der Waals surface area contributed by atoms with E-state index >= 15 is 0 Å². The lowest BCUT2D eigenvalue weighted by Gasteiger charge is -2.21. The summed E-state index contributed by atoms with van der Waals surface area (Å²) in [5, 5.41) is 3.57. The number of anilines is 1. The summed E-state index contributed by atoms with van der Waals surface area (Å²) >= 11 is 11.9. The zero-order valence-corrected chi connectivity index (χ0v) is 17.6. The van der Waals surface area contributed by atoms with Gasteiger partial charge in [0.25, 0.3) is 5.91 Å². The molecule has 1 fully saturated rings. The molecule has 1 aliphatic carbocycles. The van der Waals surface area contributed by atoms with Gasteiger partial charge in [-0.25, -0.2) is 4.79 Å². The number of esters is 1. The Labute approximate surface area is 180 Å². The van der Waals surface area contributed by atoms with Crippen molar-refractivity contribution in [1.82, 2.24) is 0 Å².